The first-order valence-electron chi connectivity index (χ1n) is 7.44. The average Bonchev–Trinajstić information content (AvgIpc) is 3.25. The molecule has 0 amide bonds. The highest BCUT2D eigenvalue weighted by molar-refractivity contribution is 7.17. The Morgan fingerprint density at radius 1 is 1.12 bits per heavy atom. The summed E-state index contributed by atoms with van der Waals surface area (Å²) in [7, 11) is 0. The van der Waals surface area contributed by atoms with Crippen molar-refractivity contribution in [2.24, 2.45) is 0 Å². The minimum Gasteiger partial charge on any atom is -0.397 e. The molecule has 0 spiro atoms. The first-order valence-corrected chi connectivity index (χ1v) is 8.31. The highest BCUT2D eigenvalue weighted by Gasteiger charge is 2.17. The number of nitrogens with zero attached hydrogens (tertiary/aromatic N) is 3. The second-order valence-electron chi connectivity index (χ2n) is 5.42. The van der Waals surface area contributed by atoms with Gasteiger partial charge in [0.25, 0.3) is 0 Å². The molecule has 3 heterocycles. The molecule has 0 atom stereocenters. The molecule has 0 unspecified atom stereocenters. The third-order valence-corrected chi connectivity index (χ3v) is 4.52. The molecule has 0 aliphatic rings. The van der Waals surface area contributed by atoms with Crippen LogP contribution in [0.2, 0.25) is 0 Å². The predicted octanol–water partition coefficient (Wildman–Crippen LogP) is 4.91. The van der Waals surface area contributed by atoms with Crippen molar-refractivity contribution < 1.29 is 9.34 Å². The molecule has 0 bridgehead atoms. The lowest BCUT2D eigenvalue weighted by atomic mass is 10.2. The van der Waals surface area contributed by atoms with E-state index in [1.807, 2.05) is 42.6 Å². The van der Waals surface area contributed by atoms with E-state index >= 15 is 0 Å². The molecular weight excluding hydrogens is 340 g/mol. The van der Waals surface area contributed by atoms with Gasteiger partial charge in [-0.05, 0) is 36.6 Å². The predicted molar refractivity (Wildman–Crippen MR) is 96.2 cm³/mol. The van der Waals surface area contributed by atoms with Gasteiger partial charge in [0.05, 0.1) is 16.3 Å². The summed E-state index contributed by atoms with van der Waals surface area (Å²) in [6.45, 7) is 2.02. The smallest absolute Gasteiger partial charge is 0.397 e. The van der Waals surface area contributed by atoms with E-state index in [2.05, 4.69) is 15.3 Å². The van der Waals surface area contributed by atoms with Gasteiger partial charge in [-0.25, -0.2) is 9.97 Å². The normalized spacial score (nSPS) is 10.9. The van der Waals surface area contributed by atoms with Crippen molar-refractivity contribution in [3.8, 4) is 11.6 Å². The maximum atomic E-state index is 10.8. The largest absolute Gasteiger partial charge is 0.433 e. The van der Waals surface area contributed by atoms with E-state index in [0.717, 1.165) is 21.5 Å². The zero-order valence-corrected chi connectivity index (χ0v) is 13.9. The maximum Gasteiger partial charge on any atom is 0.433 e. The molecular formula is C17H12N4O3S. The Labute approximate surface area is 146 Å². The topological polar surface area (TPSA) is 94.1 Å². The molecule has 0 aliphatic heterocycles. The van der Waals surface area contributed by atoms with E-state index in [1.165, 1.54) is 23.5 Å². The number of aryl methyl sites for hydroxylation is 1. The molecule has 124 valence electrons. The number of rotatable bonds is 4. The standard InChI is InChI=1S/C17H12N4O3S/c1-10-2-4-11(5-3-10)18-17-15-12(8-9-25-15)19-16(20-17)13-6-7-14(24-13)21(22)23/h2-9H,1H3,(H,18,19,20). The fraction of sp³-hybridized carbons (Fsp3) is 0.0588. The van der Waals surface area contributed by atoms with Crippen LogP contribution in [-0.4, -0.2) is 14.9 Å². The summed E-state index contributed by atoms with van der Waals surface area (Å²) < 4.78 is 6.14. The van der Waals surface area contributed by atoms with E-state index in [-0.39, 0.29) is 11.6 Å². The lowest BCUT2D eigenvalue weighted by molar-refractivity contribution is -0.401. The molecule has 25 heavy (non-hydrogen) atoms. The lowest BCUT2D eigenvalue weighted by Gasteiger charge is -2.08. The summed E-state index contributed by atoms with van der Waals surface area (Å²) >= 11 is 1.52. The van der Waals surface area contributed by atoms with Gasteiger partial charge in [0.15, 0.2) is 17.4 Å². The number of hydrogen-bond donors (Lipinski definition) is 1. The van der Waals surface area contributed by atoms with Gasteiger partial charge in [-0.2, -0.15) is 0 Å². The molecule has 0 aliphatic carbocycles. The van der Waals surface area contributed by atoms with Crippen LogP contribution in [0.4, 0.5) is 17.4 Å². The van der Waals surface area contributed by atoms with Gasteiger partial charge in [-0.15, -0.1) is 11.3 Å². The molecule has 1 aromatic carbocycles. The number of anilines is 2. The Balaban J connectivity index is 1.78. The zero-order chi connectivity index (χ0) is 17.4. The molecule has 3 aromatic heterocycles. The quantitative estimate of drug-likeness (QED) is 0.414. The summed E-state index contributed by atoms with van der Waals surface area (Å²) in [4.78, 5) is 19.2. The van der Waals surface area contributed by atoms with E-state index < -0.39 is 4.92 Å². The van der Waals surface area contributed by atoms with Crippen LogP contribution in [0.25, 0.3) is 21.8 Å². The lowest BCUT2D eigenvalue weighted by Crippen LogP contribution is -1.97. The van der Waals surface area contributed by atoms with Crippen molar-refractivity contribution in [3.05, 3.63) is 63.5 Å². The highest BCUT2D eigenvalue weighted by Crippen LogP contribution is 2.32. The monoisotopic (exact) mass is 352 g/mol. The molecule has 0 saturated carbocycles. The molecule has 0 fully saturated rings. The van der Waals surface area contributed by atoms with E-state index in [9.17, 15) is 10.1 Å². The van der Waals surface area contributed by atoms with Crippen LogP contribution >= 0.6 is 11.3 Å². The molecule has 4 rings (SSSR count). The summed E-state index contributed by atoms with van der Waals surface area (Å²) in [6.07, 6.45) is 0. The number of benzene rings is 1. The van der Waals surface area contributed by atoms with Gasteiger partial charge >= 0.3 is 5.88 Å². The number of aromatic nitrogens is 2. The van der Waals surface area contributed by atoms with Crippen molar-refractivity contribution in [1.82, 2.24) is 9.97 Å². The number of hydrogen-bond acceptors (Lipinski definition) is 7. The van der Waals surface area contributed by atoms with Crippen molar-refractivity contribution in [1.29, 1.82) is 0 Å². The van der Waals surface area contributed by atoms with Crippen LogP contribution in [0.15, 0.2) is 52.3 Å². The Morgan fingerprint density at radius 2 is 1.92 bits per heavy atom. The highest BCUT2D eigenvalue weighted by atomic mass is 32.1. The molecule has 1 N–H and O–H groups in total. The van der Waals surface area contributed by atoms with Gasteiger partial charge in [-0.1, -0.05) is 17.7 Å². The van der Waals surface area contributed by atoms with Crippen LogP contribution in [-0.2, 0) is 0 Å². The van der Waals surface area contributed by atoms with Crippen LogP contribution < -0.4 is 5.32 Å². The van der Waals surface area contributed by atoms with E-state index in [4.69, 9.17) is 4.42 Å². The Bertz CT molecular complexity index is 1070. The summed E-state index contributed by atoms with van der Waals surface area (Å²) in [5, 5.41) is 16.0. The molecule has 0 radical (unpaired) electrons. The van der Waals surface area contributed by atoms with E-state index in [0.29, 0.717) is 11.6 Å². The maximum absolute atomic E-state index is 10.8. The third-order valence-electron chi connectivity index (χ3n) is 3.61. The fourth-order valence-electron chi connectivity index (χ4n) is 2.38. The van der Waals surface area contributed by atoms with Crippen LogP contribution in [0.5, 0.6) is 0 Å². The summed E-state index contributed by atoms with van der Waals surface area (Å²) in [6, 6.07) is 12.6. The van der Waals surface area contributed by atoms with Crippen LogP contribution in [0.3, 0.4) is 0 Å². The number of furan rings is 1. The first-order chi connectivity index (χ1) is 12.1. The van der Waals surface area contributed by atoms with Gasteiger partial charge in [-0.3, -0.25) is 10.1 Å². The Kier molecular flexibility index (Phi) is 3.66. The summed E-state index contributed by atoms with van der Waals surface area (Å²) in [5.74, 6) is 0.857. The average molecular weight is 352 g/mol. The minimum atomic E-state index is -0.585. The molecule has 0 saturated heterocycles. The first kappa shape index (κ1) is 15.3. The number of nitro groups is 1. The SMILES string of the molecule is Cc1ccc(Nc2nc(-c3ccc([N+](=O)[O-])o3)nc3ccsc23)cc1. The second kappa shape index (κ2) is 5.99. The van der Waals surface area contributed by atoms with Gasteiger partial charge in [0.1, 0.15) is 4.92 Å². The van der Waals surface area contributed by atoms with Crippen molar-refractivity contribution in [2.75, 3.05) is 5.32 Å². The number of thiophene rings is 1. The molecule has 4 aromatic rings. The van der Waals surface area contributed by atoms with Gasteiger partial charge in [0, 0.05) is 5.69 Å². The third kappa shape index (κ3) is 2.94. The van der Waals surface area contributed by atoms with Gasteiger partial charge in [0.2, 0.25) is 0 Å². The summed E-state index contributed by atoms with van der Waals surface area (Å²) in [5.41, 5.74) is 2.82. The fourth-order valence-corrected chi connectivity index (χ4v) is 3.15. The van der Waals surface area contributed by atoms with Crippen molar-refractivity contribution in [3.63, 3.8) is 0 Å². The van der Waals surface area contributed by atoms with Crippen LogP contribution in [0.1, 0.15) is 5.56 Å². The van der Waals surface area contributed by atoms with Crippen molar-refractivity contribution >= 4 is 38.9 Å². The Hall–Kier alpha value is -3.26. The van der Waals surface area contributed by atoms with Crippen molar-refractivity contribution in [2.45, 2.75) is 6.92 Å². The molecule has 8 heteroatoms. The second-order valence-corrected chi connectivity index (χ2v) is 6.33. The molecule has 7 nitrogen and oxygen atoms in total. The Morgan fingerprint density at radius 3 is 2.64 bits per heavy atom. The minimum absolute atomic E-state index is 0.256. The van der Waals surface area contributed by atoms with Crippen LogP contribution in [0, 0.1) is 17.0 Å². The van der Waals surface area contributed by atoms with Gasteiger partial charge < -0.3 is 9.73 Å². The number of fused-ring (bicyclic) bond motifs is 1. The van der Waals surface area contributed by atoms with E-state index in [1.54, 1.807) is 0 Å². The number of nitrogens with one attached hydrogen (secondary N) is 1. The zero-order valence-electron chi connectivity index (χ0n) is 13.1.